The summed E-state index contributed by atoms with van der Waals surface area (Å²) in [7, 11) is 1.58. The molecule has 0 radical (unpaired) electrons. The number of nitrogens with zero attached hydrogens (tertiary/aromatic N) is 2. The lowest BCUT2D eigenvalue weighted by molar-refractivity contribution is 0.416. The number of rotatable bonds is 2. The van der Waals surface area contributed by atoms with E-state index in [4.69, 9.17) is 15.7 Å². The third-order valence-electron chi connectivity index (χ3n) is 2.21. The summed E-state index contributed by atoms with van der Waals surface area (Å²) in [4.78, 5) is 6.92. The Kier molecular flexibility index (Phi) is 2.48. The topological polar surface area (TPSA) is 87.7 Å². The van der Waals surface area contributed by atoms with Crippen LogP contribution >= 0.6 is 0 Å². The molecular formula is C11H10N4O. The molecule has 2 aromatic rings. The summed E-state index contributed by atoms with van der Waals surface area (Å²) in [5.74, 6) is 1.41. The molecule has 0 saturated carbocycles. The molecule has 1 heterocycles. The predicted octanol–water partition coefficient (Wildman–Crippen LogP) is 1.54. The number of hydrogen-bond acceptors (Lipinski definition) is 4. The van der Waals surface area contributed by atoms with Crippen molar-refractivity contribution >= 4 is 5.82 Å². The Morgan fingerprint density at radius 2 is 2.19 bits per heavy atom. The zero-order valence-electron chi connectivity index (χ0n) is 8.69. The molecule has 5 nitrogen and oxygen atoms in total. The zero-order valence-corrected chi connectivity index (χ0v) is 8.69. The Balaban J connectivity index is 2.55. The first-order chi connectivity index (χ1) is 7.76. The standard InChI is InChI=1S/C11H10N4O/c1-16-9-5-3-2-4-7(9)11-14-8(6-12)10(13)15-11/h2-5H,13H2,1H3,(H,14,15). The van der Waals surface area contributed by atoms with Gasteiger partial charge in [-0.15, -0.1) is 0 Å². The summed E-state index contributed by atoms with van der Waals surface area (Å²) in [6, 6.07) is 9.33. The quantitative estimate of drug-likeness (QED) is 0.793. The van der Waals surface area contributed by atoms with E-state index in [9.17, 15) is 0 Å². The van der Waals surface area contributed by atoms with Crippen molar-refractivity contribution in [2.75, 3.05) is 12.8 Å². The lowest BCUT2D eigenvalue weighted by Crippen LogP contribution is -1.89. The maximum absolute atomic E-state index is 8.77. The van der Waals surface area contributed by atoms with Crippen molar-refractivity contribution in [3.63, 3.8) is 0 Å². The molecule has 0 spiro atoms. The van der Waals surface area contributed by atoms with Crippen LogP contribution in [0.15, 0.2) is 24.3 Å². The molecule has 0 atom stereocenters. The van der Waals surface area contributed by atoms with Gasteiger partial charge in [0.2, 0.25) is 0 Å². The summed E-state index contributed by atoms with van der Waals surface area (Å²) < 4.78 is 5.20. The van der Waals surface area contributed by atoms with Gasteiger partial charge in [0.15, 0.2) is 11.5 Å². The zero-order chi connectivity index (χ0) is 11.5. The first kappa shape index (κ1) is 10.1. The number of anilines is 1. The lowest BCUT2D eigenvalue weighted by atomic mass is 10.2. The molecule has 1 aromatic heterocycles. The number of benzene rings is 1. The normalized spacial score (nSPS) is 9.75. The number of aromatic nitrogens is 2. The fraction of sp³-hybridized carbons (Fsp3) is 0.0909. The van der Waals surface area contributed by atoms with Crippen LogP contribution in [0, 0.1) is 11.3 Å². The van der Waals surface area contributed by atoms with E-state index in [1.807, 2.05) is 30.3 Å². The molecule has 0 aliphatic heterocycles. The minimum Gasteiger partial charge on any atom is -0.496 e. The number of imidazole rings is 1. The summed E-state index contributed by atoms with van der Waals surface area (Å²) in [6.07, 6.45) is 0. The van der Waals surface area contributed by atoms with Crippen LogP contribution in [0.3, 0.4) is 0 Å². The molecule has 0 aliphatic carbocycles. The van der Waals surface area contributed by atoms with Gasteiger partial charge in [-0.05, 0) is 12.1 Å². The molecule has 16 heavy (non-hydrogen) atoms. The second-order valence-corrected chi connectivity index (χ2v) is 3.16. The maximum Gasteiger partial charge on any atom is 0.161 e. The van der Waals surface area contributed by atoms with Crippen LogP contribution in [-0.2, 0) is 0 Å². The second-order valence-electron chi connectivity index (χ2n) is 3.16. The molecular weight excluding hydrogens is 204 g/mol. The van der Waals surface area contributed by atoms with Crippen molar-refractivity contribution < 1.29 is 4.74 Å². The van der Waals surface area contributed by atoms with Gasteiger partial charge in [0.05, 0.1) is 12.7 Å². The van der Waals surface area contributed by atoms with Gasteiger partial charge in [0.1, 0.15) is 17.6 Å². The number of nitrogen functional groups attached to an aromatic ring is 1. The van der Waals surface area contributed by atoms with Gasteiger partial charge < -0.3 is 15.5 Å². The van der Waals surface area contributed by atoms with Gasteiger partial charge in [-0.25, -0.2) is 4.98 Å². The van der Waals surface area contributed by atoms with Crippen LogP contribution < -0.4 is 10.5 Å². The molecule has 1 aromatic carbocycles. The van der Waals surface area contributed by atoms with Crippen molar-refractivity contribution in [3.05, 3.63) is 30.0 Å². The Bertz CT molecular complexity index is 553. The number of para-hydroxylation sites is 1. The van der Waals surface area contributed by atoms with Crippen LogP contribution in [0.25, 0.3) is 11.4 Å². The number of nitrogens with two attached hydrogens (primary N) is 1. The van der Waals surface area contributed by atoms with E-state index in [0.29, 0.717) is 11.6 Å². The molecule has 0 saturated heterocycles. The predicted molar refractivity (Wildman–Crippen MR) is 59.7 cm³/mol. The lowest BCUT2D eigenvalue weighted by Gasteiger charge is -2.04. The highest BCUT2D eigenvalue weighted by Gasteiger charge is 2.11. The molecule has 0 amide bonds. The molecule has 5 heteroatoms. The molecule has 0 unspecified atom stereocenters. The largest absolute Gasteiger partial charge is 0.496 e. The van der Waals surface area contributed by atoms with Gasteiger partial charge >= 0.3 is 0 Å². The van der Waals surface area contributed by atoms with Crippen LogP contribution in [0.5, 0.6) is 5.75 Å². The number of H-pyrrole nitrogens is 1. The van der Waals surface area contributed by atoms with E-state index in [2.05, 4.69) is 9.97 Å². The van der Waals surface area contributed by atoms with E-state index < -0.39 is 0 Å². The number of aromatic amines is 1. The Hall–Kier alpha value is -2.48. The molecule has 0 aliphatic rings. The van der Waals surface area contributed by atoms with Gasteiger partial charge in [0, 0.05) is 0 Å². The Labute approximate surface area is 92.5 Å². The van der Waals surface area contributed by atoms with Gasteiger partial charge in [0.25, 0.3) is 0 Å². The van der Waals surface area contributed by atoms with E-state index >= 15 is 0 Å². The first-order valence-corrected chi connectivity index (χ1v) is 4.65. The highest BCUT2D eigenvalue weighted by Crippen LogP contribution is 2.28. The smallest absolute Gasteiger partial charge is 0.161 e. The van der Waals surface area contributed by atoms with Crippen LogP contribution in [0.2, 0.25) is 0 Å². The van der Waals surface area contributed by atoms with Crippen molar-refractivity contribution in [2.24, 2.45) is 0 Å². The van der Waals surface area contributed by atoms with E-state index in [1.54, 1.807) is 7.11 Å². The highest BCUT2D eigenvalue weighted by molar-refractivity contribution is 5.67. The van der Waals surface area contributed by atoms with E-state index in [1.165, 1.54) is 0 Å². The number of hydrogen-bond donors (Lipinski definition) is 2. The van der Waals surface area contributed by atoms with Gasteiger partial charge in [-0.2, -0.15) is 5.26 Å². The average molecular weight is 214 g/mol. The summed E-state index contributed by atoms with van der Waals surface area (Å²) >= 11 is 0. The molecule has 0 fully saturated rings. The van der Waals surface area contributed by atoms with Crippen molar-refractivity contribution in [1.29, 1.82) is 5.26 Å². The number of nitriles is 1. The van der Waals surface area contributed by atoms with Gasteiger partial charge in [-0.1, -0.05) is 12.1 Å². The monoisotopic (exact) mass is 214 g/mol. The van der Waals surface area contributed by atoms with Crippen LogP contribution in [0.1, 0.15) is 5.69 Å². The fourth-order valence-electron chi connectivity index (χ4n) is 1.44. The maximum atomic E-state index is 8.77. The SMILES string of the molecule is COc1ccccc1-c1nc(N)c(C#N)[nH]1. The van der Waals surface area contributed by atoms with Gasteiger partial charge in [-0.3, -0.25) is 0 Å². The van der Waals surface area contributed by atoms with E-state index in [0.717, 1.165) is 5.56 Å². The van der Waals surface area contributed by atoms with Crippen LogP contribution in [-0.4, -0.2) is 17.1 Å². The van der Waals surface area contributed by atoms with E-state index in [-0.39, 0.29) is 11.5 Å². The minimum atomic E-state index is 0.198. The average Bonchev–Trinajstić information content (AvgIpc) is 2.70. The van der Waals surface area contributed by atoms with Crippen molar-refractivity contribution in [1.82, 2.24) is 9.97 Å². The third-order valence-corrected chi connectivity index (χ3v) is 2.21. The number of ether oxygens (including phenoxy) is 1. The second kappa shape index (κ2) is 3.95. The number of nitrogens with one attached hydrogen (secondary N) is 1. The Morgan fingerprint density at radius 3 is 2.81 bits per heavy atom. The molecule has 0 bridgehead atoms. The fourth-order valence-corrected chi connectivity index (χ4v) is 1.44. The minimum absolute atomic E-state index is 0.198. The number of methoxy groups -OCH3 is 1. The van der Waals surface area contributed by atoms with Crippen molar-refractivity contribution in [3.8, 4) is 23.2 Å². The molecule has 3 N–H and O–H groups in total. The third kappa shape index (κ3) is 1.57. The van der Waals surface area contributed by atoms with Crippen LogP contribution in [0.4, 0.5) is 5.82 Å². The molecule has 2 rings (SSSR count). The Morgan fingerprint density at radius 1 is 1.44 bits per heavy atom. The van der Waals surface area contributed by atoms with Crippen molar-refractivity contribution in [2.45, 2.75) is 0 Å². The summed E-state index contributed by atoms with van der Waals surface area (Å²) in [5, 5.41) is 8.77. The molecule has 80 valence electrons. The first-order valence-electron chi connectivity index (χ1n) is 4.65. The summed E-state index contributed by atoms with van der Waals surface area (Å²) in [6.45, 7) is 0. The summed E-state index contributed by atoms with van der Waals surface area (Å²) in [5.41, 5.74) is 6.62. The highest BCUT2D eigenvalue weighted by atomic mass is 16.5.